The largest absolute Gasteiger partial charge is 0.508 e. The Balaban J connectivity index is 1.23. The fraction of sp³-hybridized carbons (Fsp3) is 0.581. The van der Waals surface area contributed by atoms with Crippen LogP contribution in [0.25, 0.3) is 11.1 Å². The van der Waals surface area contributed by atoms with Gasteiger partial charge >= 0.3 is 0 Å². The first-order valence-electron chi connectivity index (χ1n) is 19.1. The van der Waals surface area contributed by atoms with E-state index in [1.54, 1.807) is 13.2 Å². The molecule has 2 saturated carbocycles. The Labute approximate surface area is 292 Å². The molecule has 0 unspecified atom stereocenters. The van der Waals surface area contributed by atoms with Gasteiger partial charge in [-0.05, 0) is 127 Å². The second-order valence-electron chi connectivity index (χ2n) is 16.1. The van der Waals surface area contributed by atoms with Crippen LogP contribution in [0.4, 0.5) is 0 Å². The fourth-order valence-electron chi connectivity index (χ4n) is 9.71. The number of aromatic hydroxyl groups is 2. The number of hydrogen-bond donors (Lipinski definition) is 3. The lowest BCUT2D eigenvalue weighted by atomic mass is 9.72. The smallest absolute Gasteiger partial charge is 0.161 e. The molecule has 3 aromatic carbocycles. The number of aliphatic hydroxyl groups is 1. The molecule has 3 aliphatic carbocycles. The number of benzene rings is 3. The fourth-order valence-corrected chi connectivity index (χ4v) is 9.71. The number of aliphatic hydroxyl groups excluding tert-OH is 1. The molecular formula is C43H56O6. The van der Waals surface area contributed by atoms with Crippen LogP contribution in [0.15, 0.2) is 36.4 Å². The summed E-state index contributed by atoms with van der Waals surface area (Å²) in [5, 5.41) is 33.7. The summed E-state index contributed by atoms with van der Waals surface area (Å²) < 4.78 is 19.4. The topological polar surface area (TPSA) is 88.4 Å². The number of phenolic OH excluding ortho intramolecular Hbond substituents is 2. The number of methoxy groups -OCH3 is 1. The van der Waals surface area contributed by atoms with Gasteiger partial charge in [-0.3, -0.25) is 0 Å². The van der Waals surface area contributed by atoms with E-state index in [0.29, 0.717) is 29.3 Å². The van der Waals surface area contributed by atoms with Crippen LogP contribution in [-0.4, -0.2) is 34.6 Å². The van der Waals surface area contributed by atoms with Crippen molar-refractivity contribution in [3.8, 4) is 39.9 Å². The summed E-state index contributed by atoms with van der Waals surface area (Å²) in [7, 11) is 1.72. The van der Waals surface area contributed by atoms with E-state index in [0.717, 1.165) is 96.2 Å². The molecular weight excluding hydrogens is 612 g/mol. The summed E-state index contributed by atoms with van der Waals surface area (Å²) >= 11 is 0. The normalized spacial score (nSPS) is 23.9. The maximum atomic E-state index is 11.8. The molecule has 49 heavy (non-hydrogen) atoms. The molecule has 0 amide bonds. The zero-order valence-corrected chi connectivity index (χ0v) is 30.0. The maximum absolute atomic E-state index is 11.8. The van der Waals surface area contributed by atoms with Crippen LogP contribution >= 0.6 is 0 Å². The van der Waals surface area contributed by atoms with Crippen LogP contribution in [0.2, 0.25) is 0 Å². The summed E-state index contributed by atoms with van der Waals surface area (Å²) in [6, 6.07) is 11.6. The molecule has 6 nitrogen and oxygen atoms in total. The molecule has 0 saturated heterocycles. The number of unbranched alkanes of at least 4 members (excludes halogenated alkanes) is 2. The van der Waals surface area contributed by atoms with Gasteiger partial charge in [0.1, 0.15) is 23.4 Å². The van der Waals surface area contributed by atoms with Crippen molar-refractivity contribution in [2.75, 3.05) is 7.11 Å². The van der Waals surface area contributed by atoms with Gasteiger partial charge in [0.15, 0.2) is 11.5 Å². The molecule has 3 N–H and O–H groups in total. The van der Waals surface area contributed by atoms with E-state index in [-0.39, 0.29) is 17.8 Å². The Morgan fingerprint density at radius 3 is 2.49 bits per heavy atom. The number of phenols is 2. The number of fused-ring (bicyclic) bond motifs is 5. The lowest BCUT2D eigenvalue weighted by Gasteiger charge is -2.38. The molecule has 0 aromatic heterocycles. The summed E-state index contributed by atoms with van der Waals surface area (Å²) in [5.41, 5.74) is 7.80. The highest BCUT2D eigenvalue weighted by molar-refractivity contribution is 5.83. The van der Waals surface area contributed by atoms with Gasteiger partial charge in [-0.2, -0.15) is 0 Å². The van der Waals surface area contributed by atoms with Crippen molar-refractivity contribution in [3.05, 3.63) is 64.2 Å². The quantitative estimate of drug-likeness (QED) is 0.186. The SMILES string of the molecule is CCCCC[C@H]1Cc2cc(O)c(CC(C)C)cc2-c2c(OC)cc3c(c21)C[C@@H](O)[C@H](c1ccc(O)c(O[C@@H]2CCCC4(CCCC4)C2)c1)O3. The van der Waals surface area contributed by atoms with E-state index in [2.05, 4.69) is 26.8 Å². The molecule has 4 atom stereocenters. The monoisotopic (exact) mass is 668 g/mol. The molecule has 0 bridgehead atoms. The van der Waals surface area contributed by atoms with Crippen molar-refractivity contribution in [1.82, 2.24) is 0 Å². The highest BCUT2D eigenvalue weighted by Gasteiger charge is 2.41. The molecule has 7 rings (SSSR count). The predicted octanol–water partition coefficient (Wildman–Crippen LogP) is 10.1. The van der Waals surface area contributed by atoms with E-state index in [1.165, 1.54) is 44.1 Å². The van der Waals surface area contributed by atoms with Crippen molar-refractivity contribution in [3.63, 3.8) is 0 Å². The van der Waals surface area contributed by atoms with Gasteiger partial charge in [0.05, 0.1) is 19.3 Å². The Kier molecular flexibility index (Phi) is 9.80. The lowest BCUT2D eigenvalue weighted by molar-refractivity contribution is 0.0197. The summed E-state index contributed by atoms with van der Waals surface area (Å²) in [5.74, 6) is 3.15. The number of rotatable bonds is 10. The molecule has 3 aromatic rings. The molecule has 264 valence electrons. The zero-order valence-electron chi connectivity index (χ0n) is 30.0. The average molecular weight is 669 g/mol. The third-order valence-corrected chi connectivity index (χ3v) is 12.0. The predicted molar refractivity (Wildman–Crippen MR) is 194 cm³/mol. The first-order chi connectivity index (χ1) is 23.7. The third-order valence-electron chi connectivity index (χ3n) is 12.0. The molecule has 4 aliphatic rings. The van der Waals surface area contributed by atoms with E-state index < -0.39 is 12.2 Å². The molecule has 2 fully saturated rings. The van der Waals surface area contributed by atoms with Crippen molar-refractivity contribution in [1.29, 1.82) is 0 Å². The van der Waals surface area contributed by atoms with Crippen molar-refractivity contribution in [2.45, 2.75) is 141 Å². The van der Waals surface area contributed by atoms with Gasteiger partial charge in [0.2, 0.25) is 0 Å². The minimum atomic E-state index is -0.771. The van der Waals surface area contributed by atoms with Gasteiger partial charge in [-0.1, -0.05) is 58.9 Å². The highest BCUT2D eigenvalue weighted by atomic mass is 16.5. The Bertz CT molecular complexity index is 1650. The molecule has 1 heterocycles. The van der Waals surface area contributed by atoms with Gasteiger partial charge in [0.25, 0.3) is 0 Å². The summed E-state index contributed by atoms with van der Waals surface area (Å²) in [6.45, 7) is 6.58. The van der Waals surface area contributed by atoms with Gasteiger partial charge < -0.3 is 29.5 Å². The average Bonchev–Trinajstić information content (AvgIpc) is 3.52. The van der Waals surface area contributed by atoms with Crippen molar-refractivity contribution < 1.29 is 29.5 Å². The van der Waals surface area contributed by atoms with E-state index >= 15 is 0 Å². The molecule has 1 spiro atoms. The van der Waals surface area contributed by atoms with Crippen LogP contribution in [0, 0.1) is 11.3 Å². The summed E-state index contributed by atoms with van der Waals surface area (Å²) in [4.78, 5) is 0. The van der Waals surface area contributed by atoms with Crippen LogP contribution in [0.3, 0.4) is 0 Å². The van der Waals surface area contributed by atoms with Crippen LogP contribution in [-0.2, 0) is 19.3 Å². The second-order valence-corrected chi connectivity index (χ2v) is 16.1. The molecule has 6 heteroatoms. The minimum Gasteiger partial charge on any atom is -0.508 e. The molecule has 1 aliphatic heterocycles. The van der Waals surface area contributed by atoms with Gasteiger partial charge in [-0.25, -0.2) is 0 Å². The van der Waals surface area contributed by atoms with Crippen LogP contribution in [0.5, 0.6) is 28.7 Å². The first kappa shape index (κ1) is 34.1. The number of ether oxygens (including phenoxy) is 3. The highest BCUT2D eigenvalue weighted by Crippen LogP contribution is 2.54. The van der Waals surface area contributed by atoms with E-state index in [4.69, 9.17) is 14.2 Å². The van der Waals surface area contributed by atoms with Crippen molar-refractivity contribution in [2.24, 2.45) is 11.3 Å². The van der Waals surface area contributed by atoms with Crippen molar-refractivity contribution >= 4 is 0 Å². The third kappa shape index (κ3) is 6.74. The lowest BCUT2D eigenvalue weighted by Crippen LogP contribution is -2.33. The second kappa shape index (κ2) is 14.1. The summed E-state index contributed by atoms with van der Waals surface area (Å²) in [6.07, 6.45) is 15.0. The standard InChI is InChI=1S/C43H56O6/c1-5-6-7-11-27-19-29-21-35(45)30(18-26(2)3)20-32(29)41-39(47-4)24-37-33(40(27)41)23-36(46)42(49-37)28-13-14-34(44)38(22-28)48-31-12-10-17-43(25-31)15-8-9-16-43/h13-14,20-22,24,26-27,31,36,42,44-46H,5-12,15-19,23,25H2,1-4H3/t27-,31+,36+,42-/m0/s1. The Morgan fingerprint density at radius 1 is 0.939 bits per heavy atom. The first-order valence-corrected chi connectivity index (χ1v) is 19.1. The Hall–Kier alpha value is -3.38. The maximum Gasteiger partial charge on any atom is 0.161 e. The van der Waals surface area contributed by atoms with Gasteiger partial charge in [-0.15, -0.1) is 0 Å². The van der Waals surface area contributed by atoms with Crippen LogP contribution < -0.4 is 14.2 Å². The van der Waals surface area contributed by atoms with E-state index in [1.807, 2.05) is 24.3 Å². The van der Waals surface area contributed by atoms with Gasteiger partial charge in [0, 0.05) is 23.6 Å². The van der Waals surface area contributed by atoms with E-state index in [9.17, 15) is 15.3 Å². The minimum absolute atomic E-state index is 0.0946. The molecule has 0 radical (unpaired) electrons. The number of hydrogen-bond acceptors (Lipinski definition) is 6. The van der Waals surface area contributed by atoms with Crippen LogP contribution in [0.1, 0.15) is 138 Å². The zero-order chi connectivity index (χ0) is 34.3. The Morgan fingerprint density at radius 2 is 1.73 bits per heavy atom.